The van der Waals surface area contributed by atoms with Crippen LogP contribution < -0.4 is 11.5 Å². The topological polar surface area (TPSA) is 72.3 Å². The average molecular weight is 247 g/mol. The van der Waals surface area contributed by atoms with Crippen molar-refractivity contribution in [3.05, 3.63) is 35.4 Å². The van der Waals surface area contributed by atoms with E-state index in [0.717, 1.165) is 19.5 Å². The van der Waals surface area contributed by atoms with Gasteiger partial charge in [0.05, 0.1) is 5.92 Å². The van der Waals surface area contributed by atoms with E-state index in [9.17, 15) is 4.79 Å². The molecule has 0 saturated carbocycles. The quantitative estimate of drug-likeness (QED) is 0.826. The number of hydrogen-bond donors (Lipinski definition) is 2. The van der Waals surface area contributed by atoms with Crippen LogP contribution >= 0.6 is 0 Å². The van der Waals surface area contributed by atoms with Gasteiger partial charge in [-0.3, -0.25) is 9.69 Å². The summed E-state index contributed by atoms with van der Waals surface area (Å²) < 4.78 is 0. The number of benzene rings is 1. The van der Waals surface area contributed by atoms with Crippen LogP contribution in [0.15, 0.2) is 24.3 Å². The Bertz CT molecular complexity index is 416. The van der Waals surface area contributed by atoms with Crippen molar-refractivity contribution in [3.8, 4) is 0 Å². The van der Waals surface area contributed by atoms with E-state index in [-0.39, 0.29) is 17.9 Å². The minimum absolute atomic E-state index is 0.0236. The minimum Gasteiger partial charge on any atom is -0.369 e. The highest BCUT2D eigenvalue weighted by Gasteiger charge is 2.31. The maximum absolute atomic E-state index is 11.2. The molecule has 0 spiro atoms. The number of carbonyl (C=O) groups excluding carboxylic acids is 1. The molecule has 4 N–H and O–H groups in total. The summed E-state index contributed by atoms with van der Waals surface area (Å²) in [6.07, 6.45) is 0.845. The summed E-state index contributed by atoms with van der Waals surface area (Å²) in [6, 6.07) is 8.61. The molecule has 1 heterocycles. The van der Waals surface area contributed by atoms with Crippen LogP contribution in [-0.4, -0.2) is 30.4 Å². The van der Waals surface area contributed by atoms with Gasteiger partial charge in [0.2, 0.25) is 5.91 Å². The summed E-state index contributed by atoms with van der Waals surface area (Å²) >= 11 is 0. The van der Waals surface area contributed by atoms with Crippen molar-refractivity contribution < 1.29 is 4.79 Å². The lowest BCUT2D eigenvalue weighted by atomic mass is 10.0. The van der Waals surface area contributed by atoms with Gasteiger partial charge in [-0.1, -0.05) is 29.8 Å². The fourth-order valence-electron chi connectivity index (χ4n) is 2.59. The van der Waals surface area contributed by atoms with Crippen LogP contribution in [-0.2, 0) is 4.79 Å². The predicted octanol–water partition coefficient (Wildman–Crippen LogP) is 0.802. The average Bonchev–Trinajstić information content (AvgIpc) is 2.82. The van der Waals surface area contributed by atoms with E-state index in [1.54, 1.807) is 0 Å². The van der Waals surface area contributed by atoms with Crippen LogP contribution in [0.3, 0.4) is 0 Å². The fourth-order valence-corrected chi connectivity index (χ4v) is 2.59. The molecule has 2 unspecified atom stereocenters. The van der Waals surface area contributed by atoms with Crippen molar-refractivity contribution in [1.82, 2.24) is 4.90 Å². The van der Waals surface area contributed by atoms with Gasteiger partial charge in [-0.15, -0.1) is 0 Å². The Hall–Kier alpha value is -1.39. The van der Waals surface area contributed by atoms with Crippen molar-refractivity contribution in [2.75, 3.05) is 19.6 Å². The summed E-state index contributed by atoms with van der Waals surface area (Å²) in [5, 5.41) is 0. The first-order valence-electron chi connectivity index (χ1n) is 6.42. The minimum atomic E-state index is -0.197. The van der Waals surface area contributed by atoms with Crippen molar-refractivity contribution in [2.45, 2.75) is 19.4 Å². The molecule has 0 aromatic heterocycles. The van der Waals surface area contributed by atoms with E-state index >= 15 is 0 Å². The Morgan fingerprint density at radius 3 is 2.61 bits per heavy atom. The standard InChI is InChI=1S/C14H21N3O/c1-10-2-4-11(5-3-10)13(8-15)17-7-6-12(9-17)14(16)18/h2-5,12-13H,6-9,15H2,1H3,(H2,16,18). The molecule has 1 saturated heterocycles. The lowest BCUT2D eigenvalue weighted by Gasteiger charge is -2.27. The second-order valence-corrected chi connectivity index (χ2v) is 5.05. The Labute approximate surface area is 108 Å². The molecule has 1 amide bonds. The maximum atomic E-state index is 11.2. The number of nitrogens with two attached hydrogens (primary N) is 2. The number of hydrogen-bond acceptors (Lipinski definition) is 3. The van der Waals surface area contributed by atoms with Gasteiger partial charge in [-0.2, -0.15) is 0 Å². The molecular formula is C14H21N3O. The smallest absolute Gasteiger partial charge is 0.221 e. The number of amides is 1. The van der Waals surface area contributed by atoms with Crippen LogP contribution in [0.2, 0.25) is 0 Å². The highest BCUT2D eigenvalue weighted by Crippen LogP contribution is 2.27. The van der Waals surface area contributed by atoms with Gasteiger partial charge in [0.15, 0.2) is 0 Å². The van der Waals surface area contributed by atoms with E-state index in [1.807, 2.05) is 0 Å². The second kappa shape index (κ2) is 5.50. The molecule has 98 valence electrons. The number of nitrogens with zero attached hydrogens (tertiary/aromatic N) is 1. The molecule has 1 aliphatic rings. The van der Waals surface area contributed by atoms with E-state index in [4.69, 9.17) is 11.5 Å². The highest BCUT2D eigenvalue weighted by molar-refractivity contribution is 5.77. The molecule has 0 aliphatic carbocycles. The van der Waals surface area contributed by atoms with Crippen molar-refractivity contribution in [2.24, 2.45) is 17.4 Å². The molecule has 1 aromatic rings. The molecular weight excluding hydrogens is 226 g/mol. The van der Waals surface area contributed by atoms with Crippen LogP contribution in [0.25, 0.3) is 0 Å². The summed E-state index contributed by atoms with van der Waals surface area (Å²) in [7, 11) is 0. The van der Waals surface area contributed by atoms with Crippen molar-refractivity contribution in [1.29, 1.82) is 0 Å². The number of primary amides is 1. The molecule has 0 bridgehead atoms. The van der Waals surface area contributed by atoms with Gasteiger partial charge in [0.1, 0.15) is 0 Å². The lowest BCUT2D eigenvalue weighted by molar-refractivity contribution is -0.121. The van der Waals surface area contributed by atoms with E-state index < -0.39 is 0 Å². The van der Waals surface area contributed by atoms with Gasteiger partial charge in [0.25, 0.3) is 0 Å². The largest absolute Gasteiger partial charge is 0.369 e. The Balaban J connectivity index is 2.10. The molecule has 2 atom stereocenters. The van der Waals surface area contributed by atoms with Crippen molar-refractivity contribution in [3.63, 3.8) is 0 Å². The first kappa shape index (κ1) is 13.1. The second-order valence-electron chi connectivity index (χ2n) is 5.05. The van der Waals surface area contributed by atoms with Gasteiger partial charge in [0, 0.05) is 19.1 Å². The third-order valence-corrected chi connectivity index (χ3v) is 3.75. The molecule has 1 fully saturated rings. The lowest BCUT2D eigenvalue weighted by Crippen LogP contribution is -2.34. The number of aryl methyl sites for hydroxylation is 1. The molecule has 1 aromatic carbocycles. The van der Waals surface area contributed by atoms with Gasteiger partial charge in [-0.05, 0) is 25.5 Å². The molecule has 18 heavy (non-hydrogen) atoms. The van der Waals surface area contributed by atoms with Crippen LogP contribution in [0.5, 0.6) is 0 Å². The van der Waals surface area contributed by atoms with Gasteiger partial charge in [-0.25, -0.2) is 0 Å². The summed E-state index contributed by atoms with van der Waals surface area (Å²) in [5.74, 6) is -0.221. The Morgan fingerprint density at radius 2 is 2.11 bits per heavy atom. The SMILES string of the molecule is Cc1ccc(C(CN)N2CCC(C(N)=O)C2)cc1. The Morgan fingerprint density at radius 1 is 1.44 bits per heavy atom. The normalized spacial score (nSPS) is 22.0. The summed E-state index contributed by atoms with van der Waals surface area (Å²) in [4.78, 5) is 13.5. The molecule has 0 radical (unpaired) electrons. The number of rotatable bonds is 4. The molecule has 4 nitrogen and oxygen atoms in total. The highest BCUT2D eigenvalue weighted by atomic mass is 16.1. The third-order valence-electron chi connectivity index (χ3n) is 3.75. The first-order valence-corrected chi connectivity index (χ1v) is 6.42. The van der Waals surface area contributed by atoms with Crippen LogP contribution in [0.1, 0.15) is 23.6 Å². The maximum Gasteiger partial charge on any atom is 0.221 e. The van der Waals surface area contributed by atoms with E-state index in [2.05, 4.69) is 36.1 Å². The van der Waals surface area contributed by atoms with E-state index in [0.29, 0.717) is 6.54 Å². The third kappa shape index (κ3) is 2.71. The number of carbonyl (C=O) groups is 1. The monoisotopic (exact) mass is 247 g/mol. The zero-order valence-corrected chi connectivity index (χ0v) is 10.8. The predicted molar refractivity (Wildman–Crippen MR) is 71.8 cm³/mol. The van der Waals surface area contributed by atoms with E-state index in [1.165, 1.54) is 11.1 Å². The van der Waals surface area contributed by atoms with Crippen LogP contribution in [0.4, 0.5) is 0 Å². The Kier molecular flexibility index (Phi) is 3.99. The summed E-state index contributed by atoms with van der Waals surface area (Å²) in [6.45, 7) is 4.25. The van der Waals surface area contributed by atoms with Crippen molar-refractivity contribution >= 4 is 5.91 Å². The molecule has 2 rings (SSSR count). The van der Waals surface area contributed by atoms with Crippen LogP contribution in [0, 0.1) is 12.8 Å². The fraction of sp³-hybridized carbons (Fsp3) is 0.500. The zero-order chi connectivity index (χ0) is 13.1. The molecule has 4 heteroatoms. The van der Waals surface area contributed by atoms with Gasteiger partial charge >= 0.3 is 0 Å². The number of likely N-dealkylation sites (tertiary alicyclic amines) is 1. The first-order chi connectivity index (χ1) is 8.61. The molecule has 1 aliphatic heterocycles. The summed E-state index contributed by atoms with van der Waals surface area (Å²) in [5.41, 5.74) is 13.7. The van der Waals surface area contributed by atoms with Gasteiger partial charge < -0.3 is 11.5 Å². The zero-order valence-electron chi connectivity index (χ0n) is 10.8.